The van der Waals surface area contributed by atoms with Crippen LogP contribution in [0.3, 0.4) is 0 Å². The van der Waals surface area contributed by atoms with E-state index in [4.69, 9.17) is 15.2 Å². The van der Waals surface area contributed by atoms with Crippen LogP contribution in [0.4, 0.5) is 18.9 Å². The van der Waals surface area contributed by atoms with Crippen LogP contribution in [-0.4, -0.2) is 24.7 Å². The van der Waals surface area contributed by atoms with Gasteiger partial charge in [0.05, 0.1) is 5.56 Å². The fourth-order valence-electron chi connectivity index (χ4n) is 3.50. The summed E-state index contributed by atoms with van der Waals surface area (Å²) in [6.45, 7) is 0.750. The van der Waals surface area contributed by atoms with Crippen LogP contribution in [0.2, 0.25) is 0 Å². The topological polar surface area (TPSA) is 93.8 Å². The standard InChI is InChI=1S/C17H18F3NO.C13H11NO3.ClH/c1-21-12-11-16(13-5-3-2-4-6-13)22-15-9-7-14(8-10-15)17(18,19)20;14-9-6-7-11(12(15)8-9)13(16)17-10-4-2-1-3-5-10;/h2-10,16,21H,11-12H2,1H3;1-8,15H,14H2;1H. The highest BCUT2D eigenvalue weighted by atomic mass is 35.5. The summed E-state index contributed by atoms with van der Waals surface area (Å²) in [5.41, 5.74) is 6.27. The molecule has 40 heavy (non-hydrogen) atoms. The van der Waals surface area contributed by atoms with Gasteiger partial charge in [0.1, 0.15) is 28.9 Å². The summed E-state index contributed by atoms with van der Waals surface area (Å²) in [4.78, 5) is 11.7. The number of halogens is 4. The average molecular weight is 575 g/mol. The third kappa shape index (κ3) is 9.83. The van der Waals surface area contributed by atoms with E-state index >= 15 is 0 Å². The van der Waals surface area contributed by atoms with E-state index < -0.39 is 17.7 Å². The minimum atomic E-state index is -4.33. The van der Waals surface area contributed by atoms with Crippen LogP contribution in [0.5, 0.6) is 17.2 Å². The second-order valence-corrected chi connectivity index (χ2v) is 8.41. The van der Waals surface area contributed by atoms with E-state index in [2.05, 4.69) is 5.32 Å². The fourth-order valence-corrected chi connectivity index (χ4v) is 3.50. The van der Waals surface area contributed by atoms with E-state index in [0.29, 0.717) is 17.2 Å². The van der Waals surface area contributed by atoms with Gasteiger partial charge >= 0.3 is 12.1 Å². The predicted octanol–water partition coefficient (Wildman–Crippen LogP) is 7.05. The highest BCUT2D eigenvalue weighted by Gasteiger charge is 2.30. The molecule has 0 bridgehead atoms. The molecule has 1 atom stereocenters. The Morgan fingerprint density at radius 3 is 2.05 bits per heavy atom. The third-order valence-electron chi connectivity index (χ3n) is 5.48. The molecule has 10 heteroatoms. The molecule has 6 nitrogen and oxygen atoms in total. The molecule has 0 saturated heterocycles. The molecule has 1 unspecified atom stereocenters. The van der Waals surface area contributed by atoms with Gasteiger partial charge in [0, 0.05) is 18.2 Å². The Kier molecular flexibility index (Phi) is 12.3. The number of anilines is 1. The van der Waals surface area contributed by atoms with Gasteiger partial charge in [-0.1, -0.05) is 48.5 Å². The van der Waals surface area contributed by atoms with Crippen LogP contribution in [-0.2, 0) is 6.18 Å². The molecule has 4 aromatic carbocycles. The molecule has 212 valence electrons. The van der Waals surface area contributed by atoms with E-state index in [1.807, 2.05) is 43.4 Å². The normalized spacial score (nSPS) is 11.3. The van der Waals surface area contributed by atoms with Crippen molar-refractivity contribution in [3.8, 4) is 17.2 Å². The molecule has 0 amide bonds. The van der Waals surface area contributed by atoms with Crippen molar-refractivity contribution in [1.29, 1.82) is 0 Å². The van der Waals surface area contributed by atoms with E-state index in [1.165, 1.54) is 30.3 Å². The predicted molar refractivity (Wildman–Crippen MR) is 151 cm³/mol. The van der Waals surface area contributed by atoms with Gasteiger partial charge in [0.15, 0.2) is 0 Å². The summed E-state index contributed by atoms with van der Waals surface area (Å²) in [6.07, 6.45) is -3.81. The number of nitrogens with two attached hydrogens (primary N) is 1. The van der Waals surface area contributed by atoms with Crippen molar-refractivity contribution in [1.82, 2.24) is 5.32 Å². The summed E-state index contributed by atoms with van der Waals surface area (Å²) in [5.74, 6) is 0.0475. The lowest BCUT2D eigenvalue weighted by Crippen LogP contribution is -2.16. The summed E-state index contributed by atoms with van der Waals surface area (Å²) in [6, 6.07) is 27.3. The molecular formula is C30H30ClF3N2O4. The van der Waals surface area contributed by atoms with Crippen molar-refractivity contribution < 1.29 is 32.5 Å². The number of phenols is 1. The number of esters is 1. The largest absolute Gasteiger partial charge is 0.507 e. The van der Waals surface area contributed by atoms with Crippen molar-refractivity contribution in [3.63, 3.8) is 0 Å². The summed E-state index contributed by atoms with van der Waals surface area (Å²) in [5, 5.41) is 12.6. The number of para-hydroxylation sites is 1. The van der Waals surface area contributed by atoms with Gasteiger partial charge in [-0.15, -0.1) is 12.4 Å². The van der Waals surface area contributed by atoms with Crippen molar-refractivity contribution in [3.05, 3.63) is 120 Å². The van der Waals surface area contributed by atoms with Gasteiger partial charge in [0.2, 0.25) is 0 Å². The van der Waals surface area contributed by atoms with Gasteiger partial charge < -0.3 is 25.6 Å². The molecule has 4 rings (SSSR count). The lowest BCUT2D eigenvalue weighted by atomic mass is 10.1. The molecule has 0 heterocycles. The number of carbonyl (C=O) groups is 1. The van der Waals surface area contributed by atoms with Crippen molar-refractivity contribution in [2.45, 2.75) is 18.7 Å². The number of carbonyl (C=O) groups excluding carboxylic acids is 1. The third-order valence-corrected chi connectivity index (χ3v) is 5.48. The summed E-state index contributed by atoms with van der Waals surface area (Å²) < 4.78 is 48.6. The quantitative estimate of drug-likeness (QED) is 0.119. The highest BCUT2D eigenvalue weighted by Crippen LogP contribution is 2.32. The lowest BCUT2D eigenvalue weighted by Gasteiger charge is -2.20. The SMILES string of the molecule is CNCCC(Oc1ccc(C(F)(F)F)cc1)c1ccccc1.Cl.Nc1ccc(C(=O)Oc2ccccc2)c(O)c1. The zero-order valence-electron chi connectivity index (χ0n) is 21.6. The molecule has 4 N–H and O–H groups in total. The molecule has 0 saturated carbocycles. The number of hydrogen-bond donors (Lipinski definition) is 3. The smallest absolute Gasteiger partial charge is 0.416 e. The van der Waals surface area contributed by atoms with E-state index in [1.54, 1.807) is 24.3 Å². The number of phenolic OH excluding ortho intramolecular Hbond substituents is 1. The van der Waals surface area contributed by atoms with Gasteiger partial charge in [-0.25, -0.2) is 4.79 Å². The fraction of sp³-hybridized carbons (Fsp3) is 0.167. The molecular weight excluding hydrogens is 545 g/mol. The first-order valence-electron chi connectivity index (χ1n) is 12.1. The Morgan fingerprint density at radius 1 is 0.900 bits per heavy atom. The lowest BCUT2D eigenvalue weighted by molar-refractivity contribution is -0.137. The summed E-state index contributed by atoms with van der Waals surface area (Å²) in [7, 11) is 1.85. The minimum Gasteiger partial charge on any atom is -0.507 e. The van der Waals surface area contributed by atoms with Gasteiger partial charge in [0.25, 0.3) is 0 Å². The van der Waals surface area contributed by atoms with Crippen LogP contribution in [0.1, 0.15) is 34.0 Å². The molecule has 4 aromatic rings. The monoisotopic (exact) mass is 574 g/mol. The number of hydrogen-bond acceptors (Lipinski definition) is 6. The Bertz CT molecular complexity index is 1320. The number of alkyl halides is 3. The van der Waals surface area contributed by atoms with Crippen LogP contribution in [0, 0.1) is 0 Å². The highest BCUT2D eigenvalue weighted by molar-refractivity contribution is 5.94. The maximum absolute atomic E-state index is 12.6. The van der Waals surface area contributed by atoms with Crippen LogP contribution < -0.4 is 20.5 Å². The molecule has 0 aromatic heterocycles. The zero-order chi connectivity index (χ0) is 28.3. The van der Waals surface area contributed by atoms with Crippen LogP contribution in [0.25, 0.3) is 0 Å². The maximum atomic E-state index is 12.6. The Hall–Kier alpha value is -4.21. The number of nitrogens with one attached hydrogen (secondary N) is 1. The Balaban J connectivity index is 0.000000282. The molecule has 0 aliphatic carbocycles. The summed E-state index contributed by atoms with van der Waals surface area (Å²) >= 11 is 0. The first-order valence-corrected chi connectivity index (χ1v) is 12.1. The Morgan fingerprint density at radius 2 is 1.50 bits per heavy atom. The average Bonchev–Trinajstić information content (AvgIpc) is 2.92. The molecule has 0 aliphatic rings. The van der Waals surface area contributed by atoms with Gasteiger partial charge in [-0.2, -0.15) is 13.2 Å². The number of nitrogen functional groups attached to an aromatic ring is 1. The second-order valence-electron chi connectivity index (χ2n) is 8.41. The molecule has 0 fully saturated rings. The molecule has 0 radical (unpaired) electrons. The number of rotatable bonds is 8. The first kappa shape index (κ1) is 32.0. The zero-order valence-corrected chi connectivity index (χ0v) is 22.4. The van der Waals surface area contributed by atoms with Crippen molar-refractivity contribution >= 4 is 24.1 Å². The van der Waals surface area contributed by atoms with Crippen molar-refractivity contribution in [2.75, 3.05) is 19.3 Å². The minimum absolute atomic E-state index is 0. The van der Waals surface area contributed by atoms with Crippen LogP contribution in [0.15, 0.2) is 103 Å². The van der Waals surface area contributed by atoms with E-state index in [-0.39, 0.29) is 29.8 Å². The first-order chi connectivity index (χ1) is 18.7. The Labute approximate surface area is 237 Å². The van der Waals surface area contributed by atoms with Crippen LogP contribution >= 0.6 is 12.4 Å². The number of benzene rings is 4. The van der Waals surface area contributed by atoms with E-state index in [0.717, 1.165) is 30.7 Å². The van der Waals surface area contributed by atoms with Crippen molar-refractivity contribution in [2.24, 2.45) is 0 Å². The number of ether oxygens (including phenoxy) is 2. The van der Waals surface area contributed by atoms with Gasteiger partial charge in [-0.3, -0.25) is 0 Å². The maximum Gasteiger partial charge on any atom is 0.416 e. The second kappa shape index (κ2) is 15.4. The molecule has 0 aliphatic heterocycles. The molecule has 0 spiro atoms. The van der Waals surface area contributed by atoms with Gasteiger partial charge in [-0.05, 0) is 67.7 Å². The number of aromatic hydroxyl groups is 1. The van der Waals surface area contributed by atoms with E-state index in [9.17, 15) is 23.1 Å².